The smallest absolute Gasteiger partial charge is 0.253 e. The largest absolute Gasteiger partial charge is 0.345 e. The van der Waals surface area contributed by atoms with Crippen molar-refractivity contribution in [2.45, 2.75) is 19.8 Å². The standard InChI is InChI=1S/C15H23N3O2/c1-4-5-12(10-16)14(19)17-13-8-6-11(7-9-13)15(20)18(2)3/h6-9,12H,4-5,10,16H2,1-3H3,(H,17,19). The second kappa shape index (κ2) is 7.65. The van der Waals surface area contributed by atoms with E-state index in [1.807, 2.05) is 6.92 Å². The van der Waals surface area contributed by atoms with E-state index in [1.165, 1.54) is 4.90 Å². The second-order valence-electron chi connectivity index (χ2n) is 4.99. The molecule has 0 aliphatic heterocycles. The van der Waals surface area contributed by atoms with Gasteiger partial charge in [0.25, 0.3) is 5.91 Å². The molecule has 0 radical (unpaired) electrons. The summed E-state index contributed by atoms with van der Waals surface area (Å²) in [5, 5.41) is 2.83. The van der Waals surface area contributed by atoms with Crippen LogP contribution in [0.5, 0.6) is 0 Å². The number of carbonyl (C=O) groups excluding carboxylic acids is 2. The van der Waals surface area contributed by atoms with Gasteiger partial charge in [0, 0.05) is 31.9 Å². The number of rotatable bonds is 6. The van der Waals surface area contributed by atoms with E-state index in [-0.39, 0.29) is 17.7 Å². The molecular weight excluding hydrogens is 254 g/mol. The third kappa shape index (κ3) is 4.35. The molecule has 0 aliphatic carbocycles. The lowest BCUT2D eigenvalue weighted by Gasteiger charge is -2.14. The summed E-state index contributed by atoms with van der Waals surface area (Å²) in [6.07, 6.45) is 1.70. The fourth-order valence-corrected chi connectivity index (χ4v) is 1.90. The van der Waals surface area contributed by atoms with Gasteiger partial charge in [-0.15, -0.1) is 0 Å². The van der Waals surface area contributed by atoms with Crippen molar-refractivity contribution in [2.24, 2.45) is 11.7 Å². The predicted octanol–water partition coefficient (Wildman–Crippen LogP) is 1.70. The van der Waals surface area contributed by atoms with Crippen molar-refractivity contribution >= 4 is 17.5 Å². The molecule has 110 valence electrons. The molecule has 0 aliphatic rings. The summed E-state index contributed by atoms with van der Waals surface area (Å²) >= 11 is 0. The zero-order valence-electron chi connectivity index (χ0n) is 12.3. The lowest BCUT2D eigenvalue weighted by Crippen LogP contribution is -2.29. The van der Waals surface area contributed by atoms with Crippen LogP contribution in [0.1, 0.15) is 30.1 Å². The van der Waals surface area contributed by atoms with Gasteiger partial charge in [-0.3, -0.25) is 9.59 Å². The van der Waals surface area contributed by atoms with Crippen LogP contribution >= 0.6 is 0 Å². The molecule has 1 rings (SSSR count). The van der Waals surface area contributed by atoms with Gasteiger partial charge in [0.05, 0.1) is 5.92 Å². The van der Waals surface area contributed by atoms with Crippen LogP contribution < -0.4 is 11.1 Å². The number of nitrogens with one attached hydrogen (secondary N) is 1. The van der Waals surface area contributed by atoms with Crippen molar-refractivity contribution in [1.82, 2.24) is 4.90 Å². The number of hydrogen-bond donors (Lipinski definition) is 2. The van der Waals surface area contributed by atoms with Gasteiger partial charge in [0.15, 0.2) is 0 Å². The molecule has 5 heteroatoms. The number of amides is 2. The minimum atomic E-state index is -0.164. The molecule has 1 atom stereocenters. The maximum absolute atomic E-state index is 12.0. The molecule has 0 spiro atoms. The maximum atomic E-state index is 12.0. The Kier molecular flexibility index (Phi) is 6.18. The van der Waals surface area contributed by atoms with Crippen LogP contribution in [0.15, 0.2) is 24.3 Å². The van der Waals surface area contributed by atoms with Gasteiger partial charge in [-0.05, 0) is 30.7 Å². The van der Waals surface area contributed by atoms with Crippen LogP contribution in [0.2, 0.25) is 0 Å². The number of benzene rings is 1. The molecule has 20 heavy (non-hydrogen) atoms. The Morgan fingerprint density at radius 3 is 2.30 bits per heavy atom. The number of nitrogens with two attached hydrogens (primary N) is 1. The molecule has 0 fully saturated rings. The van der Waals surface area contributed by atoms with E-state index in [1.54, 1.807) is 38.4 Å². The molecule has 0 aromatic heterocycles. The van der Waals surface area contributed by atoms with Crippen LogP contribution in [-0.2, 0) is 4.79 Å². The van der Waals surface area contributed by atoms with E-state index < -0.39 is 0 Å². The van der Waals surface area contributed by atoms with Gasteiger partial charge >= 0.3 is 0 Å². The van der Waals surface area contributed by atoms with E-state index in [0.717, 1.165) is 12.8 Å². The topological polar surface area (TPSA) is 75.4 Å². The summed E-state index contributed by atoms with van der Waals surface area (Å²) < 4.78 is 0. The van der Waals surface area contributed by atoms with Crippen LogP contribution in [0.25, 0.3) is 0 Å². The number of anilines is 1. The number of nitrogens with zero attached hydrogens (tertiary/aromatic N) is 1. The molecule has 1 unspecified atom stereocenters. The fraction of sp³-hybridized carbons (Fsp3) is 0.467. The Bertz CT molecular complexity index is 455. The first kappa shape index (κ1) is 16.2. The molecule has 0 bridgehead atoms. The molecule has 0 saturated carbocycles. The quantitative estimate of drug-likeness (QED) is 0.831. The van der Waals surface area contributed by atoms with Gasteiger partial charge in [-0.2, -0.15) is 0 Å². The van der Waals surface area contributed by atoms with Crippen LogP contribution in [0.3, 0.4) is 0 Å². The highest BCUT2D eigenvalue weighted by molar-refractivity contribution is 5.96. The SMILES string of the molecule is CCCC(CN)C(=O)Nc1ccc(C(=O)N(C)C)cc1. The van der Waals surface area contributed by atoms with E-state index in [2.05, 4.69) is 5.32 Å². The van der Waals surface area contributed by atoms with Gasteiger partial charge < -0.3 is 16.0 Å². The van der Waals surface area contributed by atoms with Crippen LogP contribution in [0.4, 0.5) is 5.69 Å². The average Bonchev–Trinajstić information content (AvgIpc) is 2.44. The number of carbonyl (C=O) groups is 2. The lowest BCUT2D eigenvalue weighted by molar-refractivity contribution is -0.119. The van der Waals surface area contributed by atoms with Crippen molar-refractivity contribution in [3.63, 3.8) is 0 Å². The summed E-state index contributed by atoms with van der Waals surface area (Å²) in [4.78, 5) is 25.2. The van der Waals surface area contributed by atoms with Gasteiger partial charge in [0.1, 0.15) is 0 Å². The Morgan fingerprint density at radius 2 is 1.85 bits per heavy atom. The minimum absolute atomic E-state index is 0.0614. The zero-order chi connectivity index (χ0) is 15.1. The van der Waals surface area contributed by atoms with E-state index in [4.69, 9.17) is 5.73 Å². The zero-order valence-corrected chi connectivity index (χ0v) is 12.3. The van der Waals surface area contributed by atoms with Gasteiger partial charge in [0.2, 0.25) is 5.91 Å². The first-order valence-corrected chi connectivity index (χ1v) is 6.82. The van der Waals surface area contributed by atoms with Gasteiger partial charge in [-0.25, -0.2) is 0 Å². The fourth-order valence-electron chi connectivity index (χ4n) is 1.90. The van der Waals surface area contributed by atoms with Gasteiger partial charge in [-0.1, -0.05) is 13.3 Å². The van der Waals surface area contributed by atoms with Crippen molar-refractivity contribution in [2.75, 3.05) is 26.0 Å². The third-order valence-corrected chi connectivity index (χ3v) is 3.10. The minimum Gasteiger partial charge on any atom is -0.345 e. The summed E-state index contributed by atoms with van der Waals surface area (Å²) in [7, 11) is 3.41. The first-order chi connectivity index (χ1) is 9.49. The van der Waals surface area contributed by atoms with Crippen molar-refractivity contribution in [3.8, 4) is 0 Å². The first-order valence-electron chi connectivity index (χ1n) is 6.82. The second-order valence-corrected chi connectivity index (χ2v) is 4.99. The molecule has 0 saturated heterocycles. The Labute approximate surface area is 120 Å². The third-order valence-electron chi connectivity index (χ3n) is 3.10. The lowest BCUT2D eigenvalue weighted by atomic mass is 10.0. The predicted molar refractivity (Wildman–Crippen MR) is 80.5 cm³/mol. The molecule has 5 nitrogen and oxygen atoms in total. The average molecular weight is 277 g/mol. The molecule has 1 aromatic rings. The maximum Gasteiger partial charge on any atom is 0.253 e. The van der Waals surface area contributed by atoms with Crippen LogP contribution in [0, 0.1) is 5.92 Å². The monoisotopic (exact) mass is 277 g/mol. The van der Waals surface area contributed by atoms with Crippen molar-refractivity contribution < 1.29 is 9.59 Å². The van der Waals surface area contributed by atoms with E-state index in [9.17, 15) is 9.59 Å². The summed E-state index contributed by atoms with van der Waals surface area (Å²) in [5.74, 6) is -0.294. The molecule has 2 amide bonds. The van der Waals surface area contributed by atoms with Crippen LogP contribution in [-0.4, -0.2) is 37.4 Å². The summed E-state index contributed by atoms with van der Waals surface area (Å²) in [5.41, 5.74) is 6.87. The van der Waals surface area contributed by atoms with Crippen molar-refractivity contribution in [1.29, 1.82) is 0 Å². The Morgan fingerprint density at radius 1 is 1.25 bits per heavy atom. The highest BCUT2D eigenvalue weighted by Gasteiger charge is 2.16. The summed E-state index contributed by atoms with van der Waals surface area (Å²) in [6.45, 7) is 2.37. The Hall–Kier alpha value is -1.88. The van der Waals surface area contributed by atoms with E-state index >= 15 is 0 Å². The molecular formula is C15H23N3O2. The highest BCUT2D eigenvalue weighted by Crippen LogP contribution is 2.13. The molecule has 0 heterocycles. The van der Waals surface area contributed by atoms with E-state index in [0.29, 0.717) is 17.8 Å². The summed E-state index contributed by atoms with van der Waals surface area (Å²) in [6, 6.07) is 6.87. The molecule has 3 N–H and O–H groups in total. The molecule has 1 aromatic carbocycles. The normalized spacial score (nSPS) is 11.8. The highest BCUT2D eigenvalue weighted by atomic mass is 16.2. The van der Waals surface area contributed by atoms with Crippen molar-refractivity contribution in [3.05, 3.63) is 29.8 Å². The number of hydrogen-bond acceptors (Lipinski definition) is 3. The Balaban J connectivity index is 2.70.